The number of benzene rings is 1. The SMILES string of the molecule is CCc1ccc(C(C)(C)NC(=O)C2CCCC(N)C2)cc1. The van der Waals surface area contributed by atoms with Crippen LogP contribution in [-0.4, -0.2) is 11.9 Å². The summed E-state index contributed by atoms with van der Waals surface area (Å²) in [6, 6.07) is 8.69. The molecule has 2 unspecified atom stereocenters. The number of amides is 1. The van der Waals surface area contributed by atoms with E-state index in [-0.39, 0.29) is 23.4 Å². The van der Waals surface area contributed by atoms with Gasteiger partial charge in [-0.25, -0.2) is 0 Å². The first-order valence-electron chi connectivity index (χ1n) is 8.09. The Morgan fingerprint density at radius 1 is 1.29 bits per heavy atom. The predicted molar refractivity (Wildman–Crippen MR) is 86.9 cm³/mol. The van der Waals surface area contributed by atoms with E-state index in [4.69, 9.17) is 5.73 Å². The third kappa shape index (κ3) is 4.07. The van der Waals surface area contributed by atoms with Gasteiger partial charge in [-0.2, -0.15) is 0 Å². The molecule has 0 heterocycles. The Kier molecular flexibility index (Phi) is 5.04. The van der Waals surface area contributed by atoms with Gasteiger partial charge in [0.1, 0.15) is 0 Å². The van der Waals surface area contributed by atoms with E-state index >= 15 is 0 Å². The van der Waals surface area contributed by atoms with Crippen molar-refractivity contribution in [2.45, 2.75) is 64.5 Å². The van der Waals surface area contributed by atoms with E-state index in [1.54, 1.807) is 0 Å². The second-order valence-corrected chi connectivity index (χ2v) is 6.79. The average molecular weight is 288 g/mol. The number of carbonyl (C=O) groups excluding carboxylic acids is 1. The summed E-state index contributed by atoms with van der Waals surface area (Å²) in [5, 5.41) is 3.21. The molecule has 1 aromatic rings. The molecule has 0 aromatic heterocycles. The van der Waals surface area contributed by atoms with Gasteiger partial charge in [0.15, 0.2) is 0 Å². The summed E-state index contributed by atoms with van der Waals surface area (Å²) in [6.45, 7) is 6.28. The summed E-state index contributed by atoms with van der Waals surface area (Å²) in [5.74, 6) is 0.220. The molecule has 1 amide bonds. The molecule has 2 atom stereocenters. The van der Waals surface area contributed by atoms with Gasteiger partial charge in [0.25, 0.3) is 0 Å². The maximum absolute atomic E-state index is 12.5. The molecule has 0 bridgehead atoms. The van der Waals surface area contributed by atoms with Crippen molar-refractivity contribution in [2.24, 2.45) is 11.7 Å². The van der Waals surface area contributed by atoms with Gasteiger partial charge < -0.3 is 11.1 Å². The zero-order chi connectivity index (χ0) is 15.5. The van der Waals surface area contributed by atoms with Crippen LogP contribution in [-0.2, 0) is 16.8 Å². The van der Waals surface area contributed by atoms with E-state index < -0.39 is 0 Å². The van der Waals surface area contributed by atoms with Gasteiger partial charge in [-0.3, -0.25) is 4.79 Å². The summed E-state index contributed by atoms with van der Waals surface area (Å²) >= 11 is 0. The fourth-order valence-electron chi connectivity index (χ4n) is 3.11. The molecular weight excluding hydrogens is 260 g/mol. The summed E-state index contributed by atoms with van der Waals surface area (Å²) < 4.78 is 0. The molecule has 21 heavy (non-hydrogen) atoms. The number of carbonyl (C=O) groups is 1. The Bertz CT molecular complexity index is 478. The van der Waals surface area contributed by atoms with Gasteiger partial charge in [-0.1, -0.05) is 37.6 Å². The summed E-state index contributed by atoms with van der Waals surface area (Å²) in [4.78, 5) is 12.5. The molecule has 0 spiro atoms. The van der Waals surface area contributed by atoms with Crippen molar-refractivity contribution < 1.29 is 4.79 Å². The van der Waals surface area contributed by atoms with Crippen LogP contribution < -0.4 is 11.1 Å². The van der Waals surface area contributed by atoms with Crippen molar-refractivity contribution in [1.82, 2.24) is 5.32 Å². The molecule has 1 fully saturated rings. The molecular formula is C18H28N2O. The van der Waals surface area contributed by atoms with Crippen LogP contribution in [0, 0.1) is 5.92 Å². The molecule has 3 heteroatoms. The Labute approximate surface area is 128 Å². The van der Waals surface area contributed by atoms with Crippen molar-refractivity contribution in [2.75, 3.05) is 0 Å². The van der Waals surface area contributed by atoms with Crippen LogP contribution in [0.15, 0.2) is 24.3 Å². The maximum Gasteiger partial charge on any atom is 0.223 e. The zero-order valence-corrected chi connectivity index (χ0v) is 13.5. The van der Waals surface area contributed by atoms with Crippen LogP contribution >= 0.6 is 0 Å². The number of hydrogen-bond donors (Lipinski definition) is 2. The lowest BCUT2D eigenvalue weighted by Gasteiger charge is -2.32. The third-order valence-electron chi connectivity index (χ3n) is 4.61. The van der Waals surface area contributed by atoms with Crippen molar-refractivity contribution in [3.63, 3.8) is 0 Å². The molecule has 1 aliphatic rings. The fourth-order valence-corrected chi connectivity index (χ4v) is 3.11. The Balaban J connectivity index is 2.03. The quantitative estimate of drug-likeness (QED) is 0.894. The normalized spacial score (nSPS) is 22.9. The lowest BCUT2D eigenvalue weighted by Crippen LogP contribution is -2.46. The minimum Gasteiger partial charge on any atom is -0.347 e. The molecule has 2 rings (SSSR count). The third-order valence-corrected chi connectivity index (χ3v) is 4.61. The van der Waals surface area contributed by atoms with Crippen LogP contribution in [0.4, 0.5) is 0 Å². The predicted octanol–water partition coefficient (Wildman–Crippen LogP) is 3.12. The molecule has 0 aliphatic heterocycles. The highest BCUT2D eigenvalue weighted by Crippen LogP contribution is 2.26. The Hall–Kier alpha value is -1.35. The van der Waals surface area contributed by atoms with Crippen molar-refractivity contribution in [1.29, 1.82) is 0 Å². The highest BCUT2D eigenvalue weighted by molar-refractivity contribution is 5.79. The second kappa shape index (κ2) is 6.61. The lowest BCUT2D eigenvalue weighted by atomic mass is 9.84. The Morgan fingerprint density at radius 3 is 2.52 bits per heavy atom. The van der Waals surface area contributed by atoms with Crippen LogP contribution in [0.3, 0.4) is 0 Å². The minimum absolute atomic E-state index is 0.0722. The monoisotopic (exact) mass is 288 g/mol. The average Bonchev–Trinajstić information content (AvgIpc) is 2.47. The van der Waals surface area contributed by atoms with E-state index in [0.717, 1.165) is 37.7 Å². The second-order valence-electron chi connectivity index (χ2n) is 6.79. The molecule has 1 aromatic carbocycles. The molecule has 1 saturated carbocycles. The molecule has 3 nitrogen and oxygen atoms in total. The van der Waals surface area contributed by atoms with E-state index in [9.17, 15) is 4.79 Å². The summed E-state index contributed by atoms with van der Waals surface area (Å²) in [7, 11) is 0. The van der Waals surface area contributed by atoms with Gasteiger partial charge in [0, 0.05) is 12.0 Å². The van der Waals surface area contributed by atoms with Crippen molar-refractivity contribution in [3.8, 4) is 0 Å². The number of rotatable bonds is 4. The van der Waals surface area contributed by atoms with Crippen LogP contribution in [0.1, 0.15) is 57.6 Å². The van der Waals surface area contributed by atoms with Crippen molar-refractivity contribution in [3.05, 3.63) is 35.4 Å². The summed E-state index contributed by atoms with van der Waals surface area (Å²) in [5.41, 5.74) is 8.11. The molecule has 1 aliphatic carbocycles. The van der Waals surface area contributed by atoms with Gasteiger partial charge in [-0.05, 0) is 50.7 Å². The van der Waals surface area contributed by atoms with Gasteiger partial charge in [0.2, 0.25) is 5.91 Å². The standard InChI is InChI=1S/C18H28N2O/c1-4-13-8-10-15(11-9-13)18(2,3)20-17(21)14-6-5-7-16(19)12-14/h8-11,14,16H,4-7,12,19H2,1-3H3,(H,20,21). The van der Waals surface area contributed by atoms with E-state index in [2.05, 4.69) is 50.4 Å². The number of aryl methyl sites for hydroxylation is 1. The van der Waals surface area contributed by atoms with Crippen molar-refractivity contribution >= 4 is 5.91 Å². The first-order chi connectivity index (χ1) is 9.92. The van der Waals surface area contributed by atoms with Gasteiger partial charge in [0.05, 0.1) is 5.54 Å². The molecule has 0 radical (unpaired) electrons. The van der Waals surface area contributed by atoms with Gasteiger partial charge in [-0.15, -0.1) is 0 Å². The highest BCUT2D eigenvalue weighted by atomic mass is 16.2. The fraction of sp³-hybridized carbons (Fsp3) is 0.611. The van der Waals surface area contributed by atoms with Crippen LogP contribution in [0.2, 0.25) is 0 Å². The largest absolute Gasteiger partial charge is 0.347 e. The maximum atomic E-state index is 12.5. The first-order valence-corrected chi connectivity index (χ1v) is 8.09. The zero-order valence-electron chi connectivity index (χ0n) is 13.5. The molecule has 116 valence electrons. The minimum atomic E-state index is -0.342. The Morgan fingerprint density at radius 2 is 1.95 bits per heavy atom. The molecule has 3 N–H and O–H groups in total. The smallest absolute Gasteiger partial charge is 0.223 e. The highest BCUT2D eigenvalue weighted by Gasteiger charge is 2.30. The number of nitrogens with one attached hydrogen (secondary N) is 1. The first kappa shape index (κ1) is 16.0. The van der Waals surface area contributed by atoms with Crippen LogP contribution in [0.25, 0.3) is 0 Å². The van der Waals surface area contributed by atoms with E-state index in [1.165, 1.54) is 5.56 Å². The van der Waals surface area contributed by atoms with Crippen LogP contribution in [0.5, 0.6) is 0 Å². The lowest BCUT2D eigenvalue weighted by molar-refractivity contribution is -0.127. The van der Waals surface area contributed by atoms with E-state index in [1.807, 2.05) is 0 Å². The topological polar surface area (TPSA) is 55.1 Å². The van der Waals surface area contributed by atoms with E-state index in [0.29, 0.717) is 0 Å². The molecule has 0 saturated heterocycles. The number of nitrogens with two attached hydrogens (primary N) is 1. The number of hydrogen-bond acceptors (Lipinski definition) is 2. The van der Waals surface area contributed by atoms with Gasteiger partial charge >= 0.3 is 0 Å². The summed E-state index contributed by atoms with van der Waals surface area (Å²) in [6.07, 6.45) is 4.92.